The van der Waals surface area contributed by atoms with Crippen LogP contribution in [0.5, 0.6) is 0 Å². The SMILES string of the molecule is [3H]C([3H])(C)c1ccc(C([3H])([3H])C)cc1. The summed E-state index contributed by atoms with van der Waals surface area (Å²) in [7, 11) is 0. The van der Waals surface area contributed by atoms with Gasteiger partial charge in [0, 0.05) is 5.48 Å². The van der Waals surface area contributed by atoms with E-state index in [2.05, 4.69) is 0 Å². The monoisotopic (exact) mass is 142 g/mol. The van der Waals surface area contributed by atoms with Crippen molar-refractivity contribution in [2.24, 2.45) is 0 Å². The van der Waals surface area contributed by atoms with E-state index in [0.29, 0.717) is 11.1 Å². The third-order valence-corrected chi connectivity index (χ3v) is 1.46. The molecule has 0 nitrogen and oxygen atoms in total. The zero-order valence-corrected chi connectivity index (χ0v) is 6.31. The Morgan fingerprint density at radius 2 is 1.30 bits per heavy atom. The van der Waals surface area contributed by atoms with Crippen molar-refractivity contribution in [2.45, 2.75) is 26.6 Å². The van der Waals surface area contributed by atoms with E-state index in [4.69, 9.17) is 5.48 Å². The summed E-state index contributed by atoms with van der Waals surface area (Å²) in [5, 5.41) is 0. The van der Waals surface area contributed by atoms with E-state index < -0.39 is 12.7 Å². The zero-order valence-electron chi connectivity index (χ0n) is 10.3. The Morgan fingerprint density at radius 1 is 1.00 bits per heavy atom. The summed E-state index contributed by atoms with van der Waals surface area (Å²) in [6, 6.07) is 6.54. The molecule has 0 saturated carbocycles. The van der Waals surface area contributed by atoms with E-state index >= 15 is 0 Å². The Morgan fingerprint density at radius 3 is 1.50 bits per heavy atom. The van der Waals surface area contributed by atoms with Gasteiger partial charge in [0.2, 0.25) is 0 Å². The topological polar surface area (TPSA) is 0 Å². The molecule has 0 aromatic heterocycles. The van der Waals surface area contributed by atoms with Crippen molar-refractivity contribution >= 4 is 0 Å². The van der Waals surface area contributed by atoms with Crippen molar-refractivity contribution in [1.29, 1.82) is 0 Å². The minimum Gasteiger partial charge on any atom is -0.0613 e. The molecule has 1 rings (SSSR count). The van der Waals surface area contributed by atoms with Gasteiger partial charge in [0.15, 0.2) is 0 Å². The molecule has 54 valence electrons. The fourth-order valence-electron chi connectivity index (χ4n) is 0.804. The van der Waals surface area contributed by atoms with Gasteiger partial charge in [0.05, 0.1) is 0 Å². The molecule has 0 aliphatic carbocycles. The van der Waals surface area contributed by atoms with Crippen molar-refractivity contribution in [2.75, 3.05) is 0 Å². The minimum absolute atomic E-state index is 0.575. The highest BCUT2D eigenvalue weighted by atomic mass is 13.9. The first-order valence-corrected chi connectivity index (χ1v) is 3.32. The second kappa shape index (κ2) is 3.40. The highest BCUT2D eigenvalue weighted by molar-refractivity contribution is 5.22. The Hall–Kier alpha value is -0.780. The molecule has 0 radical (unpaired) electrons. The predicted octanol–water partition coefficient (Wildman–Crippen LogP) is 2.81. The van der Waals surface area contributed by atoms with Crippen LogP contribution in [-0.2, 0) is 12.7 Å². The molecule has 0 amide bonds. The summed E-state index contributed by atoms with van der Waals surface area (Å²) in [4.78, 5) is 0. The molecule has 0 saturated heterocycles. The van der Waals surface area contributed by atoms with E-state index in [-0.39, 0.29) is 0 Å². The van der Waals surface area contributed by atoms with Crippen molar-refractivity contribution in [1.82, 2.24) is 0 Å². The molecule has 0 bridgehead atoms. The van der Waals surface area contributed by atoms with Crippen LogP contribution < -0.4 is 0 Å². The largest absolute Gasteiger partial charge is 0.0613 e. The summed E-state index contributed by atoms with van der Waals surface area (Å²) in [5.41, 5.74) is 1.15. The number of hydrogen-bond donors (Lipinski definition) is 0. The van der Waals surface area contributed by atoms with Crippen LogP contribution in [-0.4, -0.2) is 0 Å². The minimum atomic E-state index is -1.36. The number of rotatable bonds is 2. The predicted molar refractivity (Wildman–Crippen MR) is 45.2 cm³/mol. The molecule has 0 fully saturated rings. The lowest BCUT2D eigenvalue weighted by atomic mass is 10.1. The molecule has 1 aromatic rings. The molecule has 0 heteroatoms. The third kappa shape index (κ3) is 1.60. The van der Waals surface area contributed by atoms with Crippen LogP contribution in [0.1, 0.15) is 30.5 Å². The lowest BCUT2D eigenvalue weighted by Crippen LogP contribution is -1.81. The first-order valence-electron chi connectivity index (χ1n) is 5.32. The summed E-state index contributed by atoms with van der Waals surface area (Å²) in [6.45, 7) is 2.98. The first-order chi connectivity index (χ1) is 6.21. The second-order valence-electron chi connectivity index (χ2n) is 2.08. The van der Waals surface area contributed by atoms with E-state index in [1.54, 1.807) is 24.3 Å². The Balaban J connectivity index is 3.02. The van der Waals surface area contributed by atoms with Gasteiger partial charge in [-0.15, -0.1) is 0 Å². The summed E-state index contributed by atoms with van der Waals surface area (Å²) in [6.07, 6.45) is -2.72. The number of aryl methyl sites for hydroxylation is 2. The van der Waals surface area contributed by atoms with Crippen molar-refractivity contribution in [3.63, 3.8) is 0 Å². The molecule has 0 heterocycles. The van der Waals surface area contributed by atoms with E-state index in [0.717, 1.165) is 0 Å². The zero-order chi connectivity index (χ0) is 11.0. The summed E-state index contributed by atoms with van der Waals surface area (Å²) >= 11 is 0. The molecule has 0 aliphatic heterocycles. The van der Waals surface area contributed by atoms with Gasteiger partial charge in [-0.25, -0.2) is 0 Å². The van der Waals surface area contributed by atoms with Gasteiger partial charge in [-0.1, -0.05) is 38.1 Å². The first kappa shape index (κ1) is 3.56. The smallest absolute Gasteiger partial charge is 0.0313 e. The third-order valence-electron chi connectivity index (χ3n) is 1.46. The summed E-state index contributed by atoms with van der Waals surface area (Å²) in [5.74, 6) is 0. The Kier molecular flexibility index (Phi) is 1.21. The molecule has 0 N–H and O–H groups in total. The van der Waals surface area contributed by atoms with Crippen LogP contribution in [0.3, 0.4) is 0 Å². The molecule has 0 unspecified atom stereocenters. The lowest BCUT2D eigenvalue weighted by molar-refractivity contribution is 1.10. The summed E-state index contributed by atoms with van der Waals surface area (Å²) < 4.78 is 29.9. The molecule has 1 aromatic carbocycles. The second-order valence-corrected chi connectivity index (χ2v) is 2.08. The fraction of sp³-hybridized carbons (Fsp3) is 0.400. The van der Waals surface area contributed by atoms with Gasteiger partial charge >= 0.3 is 0 Å². The van der Waals surface area contributed by atoms with E-state index in [9.17, 15) is 0 Å². The molecule has 0 aliphatic rings. The van der Waals surface area contributed by atoms with Gasteiger partial charge in [-0.05, 0) is 23.9 Å². The maximum Gasteiger partial charge on any atom is 0.0313 e. The lowest BCUT2D eigenvalue weighted by Gasteiger charge is -1.97. The van der Waals surface area contributed by atoms with Gasteiger partial charge in [-0.2, -0.15) is 0 Å². The molecular weight excluding hydrogens is 120 g/mol. The molecular formula is C10H14. The van der Waals surface area contributed by atoms with Crippen molar-refractivity contribution < 1.29 is 5.48 Å². The van der Waals surface area contributed by atoms with E-state index in [1.807, 2.05) is 0 Å². The quantitative estimate of drug-likeness (QED) is 0.595. The maximum absolute atomic E-state index is 7.47. The molecule has 0 atom stereocenters. The van der Waals surface area contributed by atoms with Crippen molar-refractivity contribution in [3.8, 4) is 0 Å². The normalized spacial score (nSPS) is 18.6. The average Bonchev–Trinajstić information content (AvgIpc) is 2.01. The van der Waals surface area contributed by atoms with E-state index in [1.165, 1.54) is 13.8 Å². The highest BCUT2D eigenvalue weighted by Crippen LogP contribution is 2.04. The maximum atomic E-state index is 7.47. The molecule has 0 spiro atoms. The van der Waals surface area contributed by atoms with Gasteiger partial charge in [-0.3, -0.25) is 0 Å². The van der Waals surface area contributed by atoms with Gasteiger partial charge in [0.1, 0.15) is 0 Å². The van der Waals surface area contributed by atoms with Crippen LogP contribution >= 0.6 is 0 Å². The van der Waals surface area contributed by atoms with Crippen molar-refractivity contribution in [3.05, 3.63) is 35.4 Å². The Labute approximate surface area is 68.5 Å². The molecule has 10 heavy (non-hydrogen) atoms. The van der Waals surface area contributed by atoms with Gasteiger partial charge < -0.3 is 0 Å². The standard InChI is InChI=1S/C10H14/c1-3-9-5-7-10(4-2)8-6-9/h5-8H,3-4H2,1-2H3/i3T2,4T2. The number of benzene rings is 1. The Bertz CT molecular complexity index is 269. The fourth-order valence-corrected chi connectivity index (χ4v) is 0.804. The average molecular weight is 142 g/mol. The number of hydrogen-bond acceptors (Lipinski definition) is 0. The van der Waals surface area contributed by atoms with Crippen LogP contribution in [0, 0.1) is 0 Å². The van der Waals surface area contributed by atoms with Crippen LogP contribution in [0.4, 0.5) is 0 Å². The van der Waals surface area contributed by atoms with Crippen LogP contribution in [0.2, 0.25) is 0 Å². The van der Waals surface area contributed by atoms with Gasteiger partial charge in [0.25, 0.3) is 0 Å². The van der Waals surface area contributed by atoms with Crippen LogP contribution in [0.25, 0.3) is 0 Å². The highest BCUT2D eigenvalue weighted by Gasteiger charge is 1.88. The van der Waals surface area contributed by atoms with Crippen LogP contribution in [0.15, 0.2) is 24.3 Å².